The van der Waals surface area contributed by atoms with Gasteiger partial charge < -0.3 is 20.2 Å². The summed E-state index contributed by atoms with van der Waals surface area (Å²) in [6.07, 6.45) is -1.89. The van der Waals surface area contributed by atoms with Gasteiger partial charge >= 0.3 is 12.2 Å². The largest absolute Gasteiger partial charge is 0.455 e. The maximum Gasteiger partial charge on any atom is 0.416 e. The molecular weight excluding hydrogens is 439 g/mol. The van der Waals surface area contributed by atoms with Crippen LogP contribution in [0.2, 0.25) is 0 Å². The van der Waals surface area contributed by atoms with Gasteiger partial charge in [0.2, 0.25) is 0 Å². The lowest BCUT2D eigenvalue weighted by atomic mass is 9.82. The molecule has 1 fully saturated rings. The number of fused-ring (bicyclic) bond motifs is 1. The number of benzene rings is 1. The molecule has 12 heteroatoms. The fraction of sp³-hybridized carbons (Fsp3) is 0.350. The third kappa shape index (κ3) is 4.22. The molecule has 7 nitrogen and oxygen atoms in total. The lowest BCUT2D eigenvalue weighted by molar-refractivity contribution is -0.158. The number of aryl methyl sites for hydroxylation is 1. The number of furan rings is 1. The summed E-state index contributed by atoms with van der Waals surface area (Å²) in [4.78, 5) is 20.3. The number of nitrogens with zero attached hydrogens (tertiary/aromatic N) is 2. The number of rotatable bonds is 4. The van der Waals surface area contributed by atoms with Crippen LogP contribution in [0.5, 0.6) is 0 Å². The van der Waals surface area contributed by atoms with Crippen LogP contribution in [0.15, 0.2) is 28.9 Å². The van der Waals surface area contributed by atoms with Crippen LogP contribution in [-0.2, 0) is 0 Å². The van der Waals surface area contributed by atoms with E-state index in [1.54, 1.807) is 5.32 Å². The van der Waals surface area contributed by atoms with Crippen molar-refractivity contribution in [3.05, 3.63) is 53.3 Å². The van der Waals surface area contributed by atoms with Crippen molar-refractivity contribution in [1.29, 1.82) is 0 Å². The summed E-state index contributed by atoms with van der Waals surface area (Å²) in [6, 6.07) is -2.50. The molecule has 0 saturated heterocycles. The molecule has 1 atom stereocenters. The van der Waals surface area contributed by atoms with Gasteiger partial charge in [-0.2, -0.15) is 13.2 Å². The topological polar surface area (TPSA) is 100 Å². The Morgan fingerprint density at radius 1 is 1.22 bits per heavy atom. The number of amides is 2. The molecule has 2 aromatic heterocycles. The van der Waals surface area contributed by atoms with Crippen molar-refractivity contribution in [1.82, 2.24) is 15.3 Å². The number of carbonyl (C=O) groups is 1. The minimum absolute atomic E-state index is 0.0104. The second-order valence-corrected chi connectivity index (χ2v) is 7.58. The third-order valence-corrected chi connectivity index (χ3v) is 5.27. The minimum Gasteiger partial charge on any atom is -0.455 e. The summed E-state index contributed by atoms with van der Waals surface area (Å²) < 4.78 is 73.6. The molecule has 32 heavy (non-hydrogen) atoms. The Hall–Kier alpha value is -3.28. The van der Waals surface area contributed by atoms with E-state index in [-0.39, 0.29) is 22.6 Å². The molecular formula is C20H17F5N4O3. The minimum atomic E-state index is -4.99. The number of aliphatic hydroxyl groups excluding tert-OH is 1. The van der Waals surface area contributed by atoms with Gasteiger partial charge in [0, 0.05) is 22.9 Å². The molecule has 1 aliphatic carbocycles. The summed E-state index contributed by atoms with van der Waals surface area (Å²) in [5.41, 5.74) is -0.654. The molecule has 170 valence electrons. The zero-order chi connectivity index (χ0) is 23.2. The standard InChI is InChI=1S/C20H17F5N4O3/c1-8-13-4-10(21)5-14(22)16(13)32-15(8)17(20(23,24)25)29-19(31)28-11-6-26-18(27-7-11)9-2-12(30)3-9/h4-7,9,12,17,30H,2-3H2,1H3,(H2,28,29,31)/t9-,12-,17?. The highest BCUT2D eigenvalue weighted by atomic mass is 19.4. The molecule has 1 saturated carbocycles. The van der Waals surface area contributed by atoms with Crippen molar-refractivity contribution in [3.63, 3.8) is 0 Å². The zero-order valence-corrected chi connectivity index (χ0v) is 16.5. The summed E-state index contributed by atoms with van der Waals surface area (Å²) in [5.74, 6) is -2.44. The fourth-order valence-corrected chi connectivity index (χ4v) is 3.54. The maximum atomic E-state index is 13.9. The number of aliphatic hydroxyl groups is 1. The fourth-order valence-electron chi connectivity index (χ4n) is 3.54. The van der Waals surface area contributed by atoms with E-state index in [1.807, 2.05) is 0 Å². The molecule has 3 N–H and O–H groups in total. The Kier molecular flexibility index (Phi) is 5.49. The number of nitrogens with one attached hydrogen (secondary N) is 2. The molecule has 1 unspecified atom stereocenters. The van der Waals surface area contributed by atoms with Gasteiger partial charge in [0.15, 0.2) is 17.4 Å². The second kappa shape index (κ2) is 8.01. The average Bonchev–Trinajstić information content (AvgIpc) is 3.00. The summed E-state index contributed by atoms with van der Waals surface area (Å²) in [6.45, 7) is 1.21. The Morgan fingerprint density at radius 3 is 2.47 bits per heavy atom. The van der Waals surface area contributed by atoms with Crippen LogP contribution in [0.25, 0.3) is 11.0 Å². The van der Waals surface area contributed by atoms with Crippen LogP contribution in [0, 0.1) is 18.6 Å². The summed E-state index contributed by atoms with van der Waals surface area (Å²) in [7, 11) is 0. The first-order valence-corrected chi connectivity index (χ1v) is 9.55. The average molecular weight is 456 g/mol. The van der Waals surface area contributed by atoms with Crippen LogP contribution in [0.4, 0.5) is 32.4 Å². The van der Waals surface area contributed by atoms with Gasteiger partial charge in [-0.15, -0.1) is 0 Å². The molecule has 0 spiro atoms. The lowest BCUT2D eigenvalue weighted by Gasteiger charge is -2.29. The number of aromatic nitrogens is 2. The zero-order valence-electron chi connectivity index (χ0n) is 16.5. The normalized spacial score (nSPS) is 19.5. The van der Waals surface area contributed by atoms with Crippen LogP contribution in [0.3, 0.4) is 0 Å². The molecule has 1 aromatic carbocycles. The highest BCUT2D eigenvalue weighted by Crippen LogP contribution is 2.39. The van der Waals surface area contributed by atoms with Crippen LogP contribution in [-0.4, -0.2) is 33.4 Å². The molecule has 0 bridgehead atoms. The molecule has 1 aliphatic rings. The van der Waals surface area contributed by atoms with E-state index in [9.17, 15) is 31.9 Å². The van der Waals surface area contributed by atoms with E-state index in [4.69, 9.17) is 4.42 Å². The predicted molar refractivity (Wildman–Crippen MR) is 102 cm³/mol. The first kappa shape index (κ1) is 21.9. The number of anilines is 1. The highest BCUT2D eigenvalue weighted by Gasteiger charge is 2.45. The molecule has 3 aromatic rings. The quantitative estimate of drug-likeness (QED) is 0.503. The first-order valence-electron chi connectivity index (χ1n) is 9.55. The van der Waals surface area contributed by atoms with Gasteiger partial charge in [0.25, 0.3) is 0 Å². The monoisotopic (exact) mass is 456 g/mol. The summed E-state index contributed by atoms with van der Waals surface area (Å²) in [5, 5.41) is 13.1. The Balaban J connectivity index is 1.53. The van der Waals surface area contributed by atoms with E-state index in [0.717, 1.165) is 6.07 Å². The smallest absolute Gasteiger partial charge is 0.416 e. The molecule has 2 heterocycles. The first-order chi connectivity index (χ1) is 15.0. The van der Waals surface area contributed by atoms with E-state index >= 15 is 0 Å². The van der Waals surface area contributed by atoms with Gasteiger partial charge in [-0.1, -0.05) is 0 Å². The van der Waals surface area contributed by atoms with Gasteiger partial charge in [-0.3, -0.25) is 0 Å². The predicted octanol–water partition coefficient (Wildman–Crippen LogP) is 4.47. The number of carbonyl (C=O) groups excluding carboxylic acids is 1. The Bertz CT molecular complexity index is 1160. The van der Waals surface area contributed by atoms with Crippen molar-refractivity contribution in [2.45, 2.75) is 44.0 Å². The number of hydrogen-bond donors (Lipinski definition) is 3. The van der Waals surface area contributed by atoms with E-state index < -0.39 is 47.3 Å². The van der Waals surface area contributed by atoms with Gasteiger partial charge in [0.05, 0.1) is 24.2 Å². The SMILES string of the molecule is Cc1c(C(NC(=O)Nc2cnc([C@H]3C[C@H](O)C3)nc2)C(F)(F)F)oc2c(F)cc(F)cc12. The van der Waals surface area contributed by atoms with Crippen molar-refractivity contribution in [3.8, 4) is 0 Å². The Labute approximate surface area is 177 Å². The lowest BCUT2D eigenvalue weighted by Crippen LogP contribution is -2.40. The number of alkyl halides is 3. The van der Waals surface area contributed by atoms with Crippen molar-refractivity contribution < 1.29 is 36.3 Å². The van der Waals surface area contributed by atoms with Crippen LogP contribution in [0.1, 0.15) is 41.9 Å². The third-order valence-electron chi connectivity index (χ3n) is 5.27. The van der Waals surface area contributed by atoms with E-state index in [0.29, 0.717) is 24.7 Å². The van der Waals surface area contributed by atoms with Gasteiger partial charge in [-0.05, 0) is 25.8 Å². The number of urea groups is 1. The summed E-state index contributed by atoms with van der Waals surface area (Å²) >= 11 is 0. The van der Waals surface area contributed by atoms with Crippen molar-refractivity contribution >= 4 is 22.7 Å². The Morgan fingerprint density at radius 2 is 1.88 bits per heavy atom. The highest BCUT2D eigenvalue weighted by molar-refractivity contribution is 5.89. The molecule has 0 radical (unpaired) electrons. The van der Waals surface area contributed by atoms with Gasteiger partial charge in [-0.25, -0.2) is 23.5 Å². The number of hydrogen-bond acceptors (Lipinski definition) is 5. The van der Waals surface area contributed by atoms with Crippen molar-refractivity contribution in [2.75, 3.05) is 5.32 Å². The van der Waals surface area contributed by atoms with E-state index in [2.05, 4.69) is 15.3 Å². The molecule has 0 aliphatic heterocycles. The van der Waals surface area contributed by atoms with Crippen LogP contribution < -0.4 is 10.6 Å². The number of halogens is 5. The molecule has 4 rings (SSSR count). The second-order valence-electron chi connectivity index (χ2n) is 7.58. The van der Waals surface area contributed by atoms with E-state index in [1.165, 1.54) is 19.3 Å². The van der Waals surface area contributed by atoms with Crippen molar-refractivity contribution in [2.24, 2.45) is 0 Å². The van der Waals surface area contributed by atoms with Gasteiger partial charge in [0.1, 0.15) is 17.4 Å². The molecule has 2 amide bonds. The van der Waals surface area contributed by atoms with Crippen LogP contribution >= 0.6 is 0 Å². The maximum absolute atomic E-state index is 13.9.